The minimum Gasteiger partial charge on any atom is -0.496 e. The van der Waals surface area contributed by atoms with E-state index in [1.165, 1.54) is 0 Å². The van der Waals surface area contributed by atoms with Crippen molar-refractivity contribution < 1.29 is 4.74 Å². The summed E-state index contributed by atoms with van der Waals surface area (Å²) in [6, 6.07) is 13.7. The Bertz CT molecular complexity index is 664. The number of likely N-dealkylation sites (N-methyl/N-ethyl adjacent to an activating group) is 1. The van der Waals surface area contributed by atoms with Gasteiger partial charge in [-0.05, 0) is 32.3 Å². The zero-order valence-corrected chi connectivity index (χ0v) is 13.1. The van der Waals surface area contributed by atoms with Crippen LogP contribution in [0.3, 0.4) is 0 Å². The third-order valence-corrected chi connectivity index (χ3v) is 3.51. The Hall–Kier alpha value is -2.58. The molecular formula is C17H20N4O. The number of para-hydroxylation sites is 1. The van der Waals surface area contributed by atoms with E-state index in [0.29, 0.717) is 17.9 Å². The third-order valence-electron chi connectivity index (χ3n) is 3.51. The fourth-order valence-electron chi connectivity index (χ4n) is 2.34. The number of anilines is 1. The highest BCUT2D eigenvalue weighted by Gasteiger charge is 2.18. The molecule has 2 aromatic rings. The summed E-state index contributed by atoms with van der Waals surface area (Å²) < 4.78 is 5.45. The molecule has 0 bridgehead atoms. The zero-order chi connectivity index (χ0) is 15.9. The van der Waals surface area contributed by atoms with E-state index in [-0.39, 0.29) is 6.04 Å². The number of ether oxygens (including phenoxy) is 1. The molecule has 0 spiro atoms. The van der Waals surface area contributed by atoms with Gasteiger partial charge < -0.3 is 15.0 Å². The lowest BCUT2D eigenvalue weighted by molar-refractivity contribution is 0.300. The minimum absolute atomic E-state index is 0.102. The first kappa shape index (κ1) is 15.8. The molecule has 0 aliphatic heterocycles. The Morgan fingerprint density at radius 2 is 2.05 bits per heavy atom. The fourth-order valence-corrected chi connectivity index (χ4v) is 2.34. The Morgan fingerprint density at radius 3 is 2.73 bits per heavy atom. The van der Waals surface area contributed by atoms with Gasteiger partial charge in [0.15, 0.2) is 0 Å². The topological polar surface area (TPSA) is 61.2 Å². The Kier molecular flexibility index (Phi) is 5.34. The summed E-state index contributed by atoms with van der Waals surface area (Å²) in [5.41, 5.74) is 1.64. The van der Waals surface area contributed by atoms with E-state index in [0.717, 1.165) is 11.3 Å². The first-order chi connectivity index (χ1) is 10.7. The Balaban J connectivity index is 2.22. The van der Waals surface area contributed by atoms with Crippen molar-refractivity contribution in [1.82, 2.24) is 9.88 Å². The largest absolute Gasteiger partial charge is 0.496 e. The van der Waals surface area contributed by atoms with Crippen LogP contribution < -0.4 is 10.1 Å². The first-order valence-corrected chi connectivity index (χ1v) is 7.05. The van der Waals surface area contributed by atoms with Crippen LogP contribution in [0.5, 0.6) is 5.75 Å². The van der Waals surface area contributed by atoms with Gasteiger partial charge in [-0.25, -0.2) is 4.98 Å². The lowest BCUT2D eigenvalue weighted by atomic mass is 10.0. The van der Waals surface area contributed by atoms with Crippen LogP contribution in [0.4, 0.5) is 5.82 Å². The van der Waals surface area contributed by atoms with Gasteiger partial charge in [0.2, 0.25) is 0 Å². The Morgan fingerprint density at radius 1 is 1.27 bits per heavy atom. The smallest absolute Gasteiger partial charge is 0.143 e. The average molecular weight is 296 g/mol. The summed E-state index contributed by atoms with van der Waals surface area (Å²) in [6.45, 7) is 0.624. The van der Waals surface area contributed by atoms with Gasteiger partial charge in [-0.1, -0.05) is 18.2 Å². The van der Waals surface area contributed by atoms with E-state index >= 15 is 0 Å². The van der Waals surface area contributed by atoms with Crippen molar-refractivity contribution in [2.24, 2.45) is 0 Å². The quantitative estimate of drug-likeness (QED) is 0.888. The van der Waals surface area contributed by atoms with E-state index in [2.05, 4.69) is 27.3 Å². The summed E-state index contributed by atoms with van der Waals surface area (Å²) in [4.78, 5) is 6.34. The Labute approximate surface area is 131 Å². The van der Waals surface area contributed by atoms with Crippen molar-refractivity contribution in [1.29, 1.82) is 5.26 Å². The second kappa shape index (κ2) is 7.43. The van der Waals surface area contributed by atoms with Crippen LogP contribution in [-0.2, 0) is 0 Å². The van der Waals surface area contributed by atoms with Gasteiger partial charge in [-0.2, -0.15) is 5.26 Å². The number of methoxy groups -OCH3 is 1. The van der Waals surface area contributed by atoms with Crippen LogP contribution in [0, 0.1) is 11.3 Å². The van der Waals surface area contributed by atoms with Crippen molar-refractivity contribution >= 4 is 5.82 Å². The molecule has 0 saturated carbocycles. The van der Waals surface area contributed by atoms with Crippen molar-refractivity contribution in [3.8, 4) is 11.8 Å². The SMILES string of the molecule is COc1ccccc1[C@@H](CNc1ncccc1C#N)N(C)C. The molecule has 1 atom stereocenters. The number of nitrogens with zero attached hydrogens (tertiary/aromatic N) is 3. The monoisotopic (exact) mass is 296 g/mol. The molecule has 1 N–H and O–H groups in total. The van der Waals surface area contributed by atoms with Crippen LogP contribution in [0.2, 0.25) is 0 Å². The van der Waals surface area contributed by atoms with Gasteiger partial charge in [-0.15, -0.1) is 0 Å². The van der Waals surface area contributed by atoms with Crippen LogP contribution in [-0.4, -0.2) is 37.6 Å². The lowest BCUT2D eigenvalue weighted by Gasteiger charge is -2.26. The number of rotatable bonds is 6. The second-order valence-electron chi connectivity index (χ2n) is 5.11. The molecule has 0 aliphatic rings. The van der Waals surface area contributed by atoms with Gasteiger partial charge in [0.25, 0.3) is 0 Å². The molecule has 1 aromatic carbocycles. The first-order valence-electron chi connectivity index (χ1n) is 7.05. The molecule has 0 unspecified atom stereocenters. The lowest BCUT2D eigenvalue weighted by Crippen LogP contribution is -2.27. The summed E-state index contributed by atoms with van der Waals surface area (Å²) in [7, 11) is 5.70. The third kappa shape index (κ3) is 3.54. The number of benzene rings is 1. The molecular weight excluding hydrogens is 276 g/mol. The van der Waals surface area contributed by atoms with Gasteiger partial charge in [-0.3, -0.25) is 0 Å². The predicted molar refractivity (Wildman–Crippen MR) is 86.9 cm³/mol. The van der Waals surface area contributed by atoms with Crippen molar-refractivity contribution in [2.45, 2.75) is 6.04 Å². The highest BCUT2D eigenvalue weighted by atomic mass is 16.5. The molecule has 2 rings (SSSR count). The van der Waals surface area contributed by atoms with E-state index in [4.69, 9.17) is 10.00 Å². The number of aromatic nitrogens is 1. The van der Waals surface area contributed by atoms with Crippen LogP contribution >= 0.6 is 0 Å². The normalized spacial score (nSPS) is 11.8. The summed E-state index contributed by atoms with van der Waals surface area (Å²) >= 11 is 0. The van der Waals surface area contributed by atoms with Crippen molar-refractivity contribution in [3.05, 3.63) is 53.7 Å². The summed E-state index contributed by atoms with van der Waals surface area (Å²) in [6.07, 6.45) is 1.68. The number of hydrogen-bond acceptors (Lipinski definition) is 5. The highest BCUT2D eigenvalue weighted by molar-refractivity contribution is 5.51. The maximum Gasteiger partial charge on any atom is 0.143 e. The van der Waals surface area contributed by atoms with Crippen LogP contribution in [0.25, 0.3) is 0 Å². The zero-order valence-electron chi connectivity index (χ0n) is 13.1. The predicted octanol–water partition coefficient (Wildman–Crippen LogP) is 2.68. The van der Waals surface area contributed by atoms with E-state index in [9.17, 15) is 0 Å². The van der Waals surface area contributed by atoms with E-state index in [1.54, 1.807) is 25.4 Å². The molecule has 22 heavy (non-hydrogen) atoms. The summed E-state index contributed by atoms with van der Waals surface area (Å²) in [5, 5.41) is 12.4. The molecule has 1 aromatic heterocycles. The van der Waals surface area contributed by atoms with Gasteiger partial charge in [0, 0.05) is 18.3 Å². The number of hydrogen-bond donors (Lipinski definition) is 1. The van der Waals surface area contributed by atoms with E-state index < -0.39 is 0 Å². The number of pyridine rings is 1. The standard InChI is InChI=1S/C17H20N4O/c1-21(2)15(14-8-4-5-9-16(14)22-3)12-20-17-13(11-18)7-6-10-19-17/h4-10,15H,12H2,1-3H3,(H,19,20)/t15-/m1/s1. The molecule has 0 aliphatic carbocycles. The van der Waals surface area contributed by atoms with Crippen LogP contribution in [0.15, 0.2) is 42.6 Å². The van der Waals surface area contributed by atoms with Gasteiger partial charge >= 0.3 is 0 Å². The number of nitriles is 1. The molecule has 0 radical (unpaired) electrons. The molecule has 0 amide bonds. The number of nitrogens with one attached hydrogen (secondary N) is 1. The molecule has 0 saturated heterocycles. The molecule has 0 fully saturated rings. The molecule has 5 heteroatoms. The summed E-state index contributed by atoms with van der Waals surface area (Å²) in [5.74, 6) is 1.45. The molecule has 5 nitrogen and oxygen atoms in total. The van der Waals surface area contributed by atoms with Gasteiger partial charge in [0.05, 0.1) is 18.7 Å². The molecule has 114 valence electrons. The fraction of sp³-hybridized carbons (Fsp3) is 0.294. The van der Waals surface area contributed by atoms with Crippen molar-refractivity contribution in [3.63, 3.8) is 0 Å². The van der Waals surface area contributed by atoms with E-state index in [1.807, 2.05) is 32.3 Å². The highest BCUT2D eigenvalue weighted by Crippen LogP contribution is 2.28. The van der Waals surface area contributed by atoms with Crippen molar-refractivity contribution in [2.75, 3.05) is 33.1 Å². The minimum atomic E-state index is 0.102. The maximum absolute atomic E-state index is 9.13. The average Bonchev–Trinajstić information content (AvgIpc) is 2.55. The van der Waals surface area contributed by atoms with Crippen LogP contribution in [0.1, 0.15) is 17.2 Å². The molecule has 1 heterocycles. The maximum atomic E-state index is 9.13. The second-order valence-corrected chi connectivity index (χ2v) is 5.11. The van der Waals surface area contributed by atoms with Gasteiger partial charge in [0.1, 0.15) is 17.6 Å².